The van der Waals surface area contributed by atoms with E-state index in [-0.39, 0.29) is 11.1 Å². The highest BCUT2D eigenvalue weighted by Crippen LogP contribution is 2.27. The predicted octanol–water partition coefficient (Wildman–Crippen LogP) is 6.95. The van der Waals surface area contributed by atoms with Crippen LogP contribution in [0.1, 0.15) is 0 Å². The van der Waals surface area contributed by atoms with Gasteiger partial charge >= 0.3 is 0 Å². The smallest absolute Gasteiger partial charge is 0.179 e. The molecule has 0 unspecified atom stereocenters. The van der Waals surface area contributed by atoms with E-state index in [1.165, 1.54) is 36.4 Å². The lowest BCUT2D eigenvalue weighted by Crippen LogP contribution is -2.74. The fourth-order valence-corrected chi connectivity index (χ4v) is 10.4. The maximum absolute atomic E-state index is 14.6. The van der Waals surface area contributed by atoms with Crippen molar-refractivity contribution in [2.45, 2.75) is 0 Å². The maximum atomic E-state index is 14.6. The molecule has 0 N–H and O–H groups in total. The molecule has 6 aromatic rings. The molecule has 0 saturated carbocycles. The van der Waals surface area contributed by atoms with Crippen molar-refractivity contribution in [3.63, 3.8) is 0 Å². The highest BCUT2D eigenvalue weighted by Gasteiger charge is 2.41. The highest BCUT2D eigenvalue weighted by molar-refractivity contribution is 7.19. The largest absolute Gasteiger partial charge is 0.206 e. The summed E-state index contributed by atoms with van der Waals surface area (Å²) in [5.41, 5.74) is 0.751. The molecule has 0 aliphatic rings. The Hall–Kier alpha value is -4.74. The third-order valence-electron chi connectivity index (χ3n) is 7.55. The first-order valence-electron chi connectivity index (χ1n) is 13.2. The van der Waals surface area contributed by atoms with Gasteiger partial charge in [0.25, 0.3) is 0 Å². The van der Waals surface area contributed by atoms with Crippen LogP contribution in [0.3, 0.4) is 0 Å². The molecule has 200 valence electrons. The molecular weight excluding hydrogens is 536 g/mol. The van der Waals surface area contributed by atoms with Crippen LogP contribution in [0.2, 0.25) is 0 Å². The monoisotopic (exact) mass is 560 g/mol. The van der Waals surface area contributed by atoms with E-state index in [0.717, 1.165) is 20.7 Å². The second-order valence-electron chi connectivity index (χ2n) is 9.83. The molecule has 6 rings (SSSR count). The van der Waals surface area contributed by atoms with Gasteiger partial charge in [0.2, 0.25) is 0 Å². The Bertz CT molecular complexity index is 1620. The first kappa shape index (κ1) is 26.5. The summed E-state index contributed by atoms with van der Waals surface area (Å²) in [5, 5.41) is 4.20. The summed E-state index contributed by atoms with van der Waals surface area (Å²) in [6.07, 6.45) is 0. The number of hydrogen-bond donors (Lipinski definition) is 0. The fourth-order valence-electron chi connectivity index (χ4n) is 5.70. The van der Waals surface area contributed by atoms with Crippen molar-refractivity contribution >= 4 is 28.8 Å². The minimum Gasteiger partial charge on any atom is -0.206 e. The molecule has 5 heteroatoms. The second-order valence-corrected chi connectivity index (χ2v) is 13.6. The quantitative estimate of drug-likeness (QED) is 0.117. The van der Waals surface area contributed by atoms with Crippen LogP contribution in [0.5, 0.6) is 0 Å². The topological polar surface area (TPSA) is 0 Å². The molecule has 0 fully saturated rings. The van der Waals surface area contributed by atoms with Crippen LogP contribution in [-0.2, 0) is 0 Å². The molecule has 0 saturated heterocycles. The zero-order chi connectivity index (χ0) is 28.4. The molecule has 0 aromatic heterocycles. The van der Waals surface area contributed by atoms with Crippen LogP contribution in [0.25, 0.3) is 22.3 Å². The lowest BCUT2D eigenvalue weighted by molar-refractivity contribution is 0.589. The van der Waals surface area contributed by atoms with E-state index in [1.807, 2.05) is 60.7 Å². The molecule has 0 atom stereocenters. The molecule has 0 aliphatic heterocycles. The minimum absolute atomic E-state index is 0.0676. The van der Waals surface area contributed by atoms with Crippen molar-refractivity contribution in [1.82, 2.24) is 0 Å². The molecule has 0 radical (unpaired) electrons. The van der Waals surface area contributed by atoms with Gasteiger partial charge in [0.1, 0.15) is 23.3 Å². The van der Waals surface area contributed by atoms with Crippen LogP contribution >= 0.6 is 0 Å². The summed E-state index contributed by atoms with van der Waals surface area (Å²) < 4.78 is 58.5. The third-order valence-corrected chi connectivity index (χ3v) is 12.3. The van der Waals surface area contributed by atoms with Gasteiger partial charge in [-0.3, -0.25) is 0 Å². The van der Waals surface area contributed by atoms with E-state index in [4.69, 9.17) is 0 Å². The van der Waals surface area contributed by atoms with E-state index in [0.29, 0.717) is 11.1 Å². The molecule has 0 aliphatic carbocycles. The molecule has 0 nitrogen and oxygen atoms in total. The summed E-state index contributed by atoms with van der Waals surface area (Å²) in [4.78, 5) is 0. The van der Waals surface area contributed by atoms with Crippen LogP contribution in [-0.4, -0.2) is 8.07 Å². The Labute approximate surface area is 237 Å². The molecule has 6 aromatic carbocycles. The van der Waals surface area contributed by atoms with E-state index < -0.39 is 31.3 Å². The molecule has 0 heterocycles. The number of benzene rings is 6. The summed E-state index contributed by atoms with van der Waals surface area (Å²) in [7, 11) is -2.98. The Kier molecular flexibility index (Phi) is 7.12. The van der Waals surface area contributed by atoms with Gasteiger partial charge in [0, 0.05) is 0 Å². The van der Waals surface area contributed by atoms with Crippen LogP contribution in [0.4, 0.5) is 17.6 Å². The minimum atomic E-state index is -2.98. The first-order chi connectivity index (χ1) is 20.0. The standard InChI is InChI=1S/C36H24F4Si/c37-31-13-7-14-32(38)35(31)25-17-21-29(22-18-25)41(27-9-3-1-4-10-27,28-11-5-2-6-12-28)30-23-19-26(20-24-30)36-33(39)15-8-16-34(36)40/h1-24H. The van der Waals surface area contributed by atoms with Crippen molar-refractivity contribution in [2.24, 2.45) is 0 Å². The van der Waals surface area contributed by atoms with Crippen molar-refractivity contribution in [1.29, 1.82) is 0 Å². The number of hydrogen-bond acceptors (Lipinski definition) is 0. The average molecular weight is 561 g/mol. The Morgan fingerprint density at radius 2 is 0.585 bits per heavy atom. The van der Waals surface area contributed by atoms with Crippen molar-refractivity contribution in [3.8, 4) is 22.3 Å². The molecule has 0 spiro atoms. The molecule has 0 bridgehead atoms. The lowest BCUT2D eigenvalue weighted by Gasteiger charge is -2.34. The zero-order valence-corrected chi connectivity index (χ0v) is 22.9. The van der Waals surface area contributed by atoms with Gasteiger partial charge in [-0.05, 0) is 56.1 Å². The average Bonchev–Trinajstić information content (AvgIpc) is 3.00. The normalized spacial score (nSPS) is 11.4. The number of halogens is 4. The predicted molar refractivity (Wildman–Crippen MR) is 161 cm³/mol. The highest BCUT2D eigenvalue weighted by atomic mass is 28.3. The van der Waals surface area contributed by atoms with E-state index in [2.05, 4.69) is 24.3 Å². The van der Waals surface area contributed by atoms with Gasteiger partial charge in [-0.25, -0.2) is 17.6 Å². The Morgan fingerprint density at radius 3 is 0.902 bits per heavy atom. The lowest BCUT2D eigenvalue weighted by atomic mass is 10.0. The van der Waals surface area contributed by atoms with E-state index >= 15 is 0 Å². The fraction of sp³-hybridized carbons (Fsp3) is 0. The SMILES string of the molecule is Fc1cccc(F)c1-c1ccc([Si](c2ccccc2)(c2ccccc2)c2ccc(-c3c(F)cccc3F)cc2)cc1. The van der Waals surface area contributed by atoms with Crippen molar-refractivity contribution in [2.75, 3.05) is 0 Å². The summed E-state index contributed by atoms with van der Waals surface area (Å²) in [5.74, 6) is -2.49. The number of rotatable bonds is 6. The van der Waals surface area contributed by atoms with Gasteiger partial charge in [-0.2, -0.15) is 0 Å². The van der Waals surface area contributed by atoms with Crippen molar-refractivity contribution in [3.05, 3.63) is 169 Å². The van der Waals surface area contributed by atoms with Gasteiger partial charge in [0.05, 0.1) is 11.1 Å². The maximum Gasteiger partial charge on any atom is 0.179 e. The van der Waals surface area contributed by atoms with E-state index in [9.17, 15) is 17.6 Å². The summed E-state index contributed by atoms with van der Waals surface area (Å²) >= 11 is 0. The third kappa shape index (κ3) is 4.68. The van der Waals surface area contributed by atoms with Gasteiger partial charge in [0.15, 0.2) is 8.07 Å². The van der Waals surface area contributed by atoms with Crippen LogP contribution in [0.15, 0.2) is 146 Å². The first-order valence-corrected chi connectivity index (χ1v) is 15.2. The second kappa shape index (κ2) is 11.0. The molecule has 0 amide bonds. The Morgan fingerprint density at radius 1 is 0.293 bits per heavy atom. The molecular formula is C36H24F4Si. The summed E-state index contributed by atoms with van der Waals surface area (Å²) in [6.45, 7) is 0. The van der Waals surface area contributed by atoms with Crippen LogP contribution < -0.4 is 20.7 Å². The van der Waals surface area contributed by atoms with Gasteiger partial charge in [-0.1, -0.05) is 121 Å². The van der Waals surface area contributed by atoms with Gasteiger partial charge < -0.3 is 0 Å². The zero-order valence-electron chi connectivity index (χ0n) is 21.9. The Balaban J connectivity index is 1.59. The van der Waals surface area contributed by atoms with E-state index in [1.54, 1.807) is 24.3 Å². The summed E-state index contributed by atoms with van der Waals surface area (Å²) in [6, 6.07) is 42.7. The molecule has 41 heavy (non-hydrogen) atoms. The van der Waals surface area contributed by atoms with Crippen molar-refractivity contribution < 1.29 is 17.6 Å². The van der Waals surface area contributed by atoms with Gasteiger partial charge in [-0.15, -0.1) is 0 Å². The van der Waals surface area contributed by atoms with Crippen LogP contribution in [0, 0.1) is 23.3 Å².